The first-order valence-corrected chi connectivity index (χ1v) is 14.8. The van der Waals surface area contributed by atoms with Crippen molar-refractivity contribution in [2.24, 2.45) is 17.3 Å². The number of fused-ring (bicyclic) bond motifs is 1. The zero-order chi connectivity index (χ0) is 27.0. The second kappa shape index (κ2) is 8.90. The average molecular weight is 521 g/mol. The maximum atomic E-state index is 14.7. The first kappa shape index (κ1) is 26.0. The van der Waals surface area contributed by atoms with E-state index >= 15 is 0 Å². The number of rotatable bonds is 7. The summed E-state index contributed by atoms with van der Waals surface area (Å²) in [5.74, 6) is 1.79. The van der Waals surface area contributed by atoms with Crippen LogP contribution in [-0.4, -0.2) is 57.9 Å². The number of phenolic OH excluding ortho intramolecular Hbond substituents is 1. The molecule has 0 spiro atoms. The van der Waals surface area contributed by atoms with E-state index in [1.165, 1.54) is 11.1 Å². The molecular weight excluding hydrogens is 475 g/mol. The number of aromatic nitrogens is 2. The molecule has 0 radical (unpaired) electrons. The molecule has 6 heteroatoms. The number of halogens is 1. The Labute approximate surface area is 227 Å². The van der Waals surface area contributed by atoms with Crippen LogP contribution in [-0.2, 0) is 11.8 Å². The van der Waals surface area contributed by atoms with E-state index in [1.54, 1.807) is 6.92 Å². The number of aryl methyl sites for hydroxylation is 2. The maximum absolute atomic E-state index is 14.7. The van der Waals surface area contributed by atoms with Crippen LogP contribution in [0.2, 0.25) is 0 Å². The molecule has 3 aliphatic carbocycles. The fraction of sp³-hybridized carbons (Fsp3) is 0.688. The summed E-state index contributed by atoms with van der Waals surface area (Å²) < 4.78 is 14.7. The van der Waals surface area contributed by atoms with Crippen molar-refractivity contribution in [2.45, 2.75) is 103 Å². The first-order chi connectivity index (χ1) is 18.0. The lowest BCUT2D eigenvalue weighted by Gasteiger charge is -2.63. The number of benzene rings is 1. The van der Waals surface area contributed by atoms with E-state index < -0.39 is 5.67 Å². The zero-order valence-corrected chi connectivity index (χ0v) is 24.1. The van der Waals surface area contributed by atoms with Crippen LogP contribution in [0.25, 0.3) is 0 Å². The van der Waals surface area contributed by atoms with Crippen molar-refractivity contribution in [3.8, 4) is 5.75 Å². The van der Waals surface area contributed by atoms with Gasteiger partial charge in [-0.15, -0.1) is 0 Å². The normalized spacial score (nSPS) is 36.4. The lowest BCUT2D eigenvalue weighted by atomic mass is 9.48. The van der Waals surface area contributed by atoms with E-state index in [-0.39, 0.29) is 16.7 Å². The van der Waals surface area contributed by atoms with E-state index in [9.17, 15) is 9.50 Å². The molecule has 5 nitrogen and oxygen atoms in total. The Balaban J connectivity index is 1.44. The average Bonchev–Trinajstić information content (AvgIpc) is 3.31. The van der Waals surface area contributed by atoms with Gasteiger partial charge in [-0.2, -0.15) is 0 Å². The molecule has 0 amide bonds. The summed E-state index contributed by atoms with van der Waals surface area (Å²) in [6.07, 6.45) is 7.24. The number of anilines is 1. The Kier molecular flexibility index (Phi) is 6.10. The highest BCUT2D eigenvalue weighted by molar-refractivity contribution is 5.49. The van der Waals surface area contributed by atoms with E-state index in [2.05, 4.69) is 56.7 Å². The van der Waals surface area contributed by atoms with Crippen molar-refractivity contribution >= 4 is 5.95 Å². The standard InChI is InChI=1S/C32H45FN4O/c1-7-8-27(36(6)29-34-20(2)15-21(3)35-29)25-11-12-30(4)28-16-22-9-10-24(38)17-26(22)32(25,30)13-14-37(28)19-23-18-31(23,5)33/h9-10,15,17,23,25,27-28,38H,7-8,11-14,16,18-19H2,1-6H3. The number of phenols is 1. The summed E-state index contributed by atoms with van der Waals surface area (Å²) in [4.78, 5) is 14.7. The van der Waals surface area contributed by atoms with Gasteiger partial charge in [-0.3, -0.25) is 4.90 Å². The van der Waals surface area contributed by atoms with Crippen molar-refractivity contribution < 1.29 is 9.50 Å². The number of alkyl halides is 1. The maximum Gasteiger partial charge on any atom is 0.225 e. The van der Waals surface area contributed by atoms with Gasteiger partial charge in [0.2, 0.25) is 5.95 Å². The molecule has 2 bridgehead atoms. The minimum Gasteiger partial charge on any atom is -0.508 e. The summed E-state index contributed by atoms with van der Waals surface area (Å²) in [7, 11) is 2.19. The molecule has 7 atom stereocenters. The van der Waals surface area contributed by atoms with Crippen LogP contribution in [0.3, 0.4) is 0 Å². The van der Waals surface area contributed by atoms with Crippen LogP contribution in [0.5, 0.6) is 5.75 Å². The molecule has 1 aromatic heterocycles. The van der Waals surface area contributed by atoms with Crippen LogP contribution >= 0.6 is 0 Å². The highest BCUT2D eigenvalue weighted by atomic mass is 19.1. The number of hydrogen-bond donors (Lipinski definition) is 1. The predicted octanol–water partition coefficient (Wildman–Crippen LogP) is 6.14. The minimum absolute atomic E-state index is 0.0317. The van der Waals surface area contributed by atoms with Gasteiger partial charge in [-0.1, -0.05) is 26.3 Å². The Bertz CT molecular complexity index is 1210. The molecule has 1 aromatic carbocycles. The third-order valence-corrected chi connectivity index (χ3v) is 11.2. The lowest BCUT2D eigenvalue weighted by Crippen LogP contribution is -2.67. The SMILES string of the molecule is CCCC(C1CCC2(C)C3Cc4ccc(O)cc4C12CCN3CC1CC1(C)F)N(C)c1nc(C)cc(C)n1. The summed E-state index contributed by atoms with van der Waals surface area (Å²) in [6, 6.07) is 8.87. The number of likely N-dealkylation sites (tertiary alicyclic amines) is 1. The third kappa shape index (κ3) is 3.80. The van der Waals surface area contributed by atoms with Crippen LogP contribution in [0.15, 0.2) is 24.3 Å². The Morgan fingerprint density at radius 1 is 1.16 bits per heavy atom. The predicted molar refractivity (Wildman–Crippen MR) is 151 cm³/mol. The quantitative estimate of drug-likeness (QED) is 0.476. The minimum atomic E-state index is -0.993. The van der Waals surface area contributed by atoms with E-state index in [4.69, 9.17) is 9.97 Å². The second-order valence-electron chi connectivity index (χ2n) is 13.4. The fourth-order valence-corrected chi connectivity index (χ4v) is 9.20. The number of piperidine rings is 1. The molecule has 6 rings (SSSR count). The van der Waals surface area contributed by atoms with Gasteiger partial charge in [-0.05, 0) is 106 Å². The van der Waals surface area contributed by atoms with Crippen molar-refractivity contribution in [3.63, 3.8) is 0 Å². The number of hydrogen-bond acceptors (Lipinski definition) is 5. The van der Waals surface area contributed by atoms with Gasteiger partial charge in [0, 0.05) is 48.4 Å². The Hall–Kier alpha value is -2.21. The van der Waals surface area contributed by atoms with Gasteiger partial charge >= 0.3 is 0 Å². The highest BCUT2D eigenvalue weighted by Crippen LogP contribution is 2.68. The molecule has 3 fully saturated rings. The molecule has 1 N–H and O–H groups in total. The van der Waals surface area contributed by atoms with Crippen LogP contribution < -0.4 is 4.90 Å². The largest absolute Gasteiger partial charge is 0.508 e. The third-order valence-electron chi connectivity index (χ3n) is 11.2. The molecule has 38 heavy (non-hydrogen) atoms. The summed E-state index contributed by atoms with van der Waals surface area (Å²) in [5.41, 5.74) is 3.81. The summed E-state index contributed by atoms with van der Waals surface area (Å²) in [6.45, 7) is 12.6. The van der Waals surface area contributed by atoms with E-state index in [0.29, 0.717) is 30.2 Å². The van der Waals surface area contributed by atoms with Crippen LogP contribution in [0, 0.1) is 31.1 Å². The summed E-state index contributed by atoms with van der Waals surface area (Å²) in [5, 5.41) is 10.7. The lowest BCUT2D eigenvalue weighted by molar-refractivity contribution is -0.0594. The molecular formula is C32H45FN4O. The highest BCUT2D eigenvalue weighted by Gasteiger charge is 2.68. The van der Waals surface area contributed by atoms with Gasteiger partial charge in [0.1, 0.15) is 11.4 Å². The molecule has 2 heterocycles. The van der Waals surface area contributed by atoms with Gasteiger partial charge in [0.05, 0.1) is 0 Å². The van der Waals surface area contributed by atoms with E-state index in [0.717, 1.165) is 69.0 Å². The Morgan fingerprint density at radius 3 is 2.53 bits per heavy atom. The van der Waals surface area contributed by atoms with Gasteiger partial charge in [-0.25, -0.2) is 14.4 Å². The van der Waals surface area contributed by atoms with Gasteiger partial charge in [0.25, 0.3) is 0 Å². The molecule has 7 unspecified atom stereocenters. The van der Waals surface area contributed by atoms with Crippen LogP contribution in [0.1, 0.15) is 81.8 Å². The first-order valence-electron chi connectivity index (χ1n) is 14.8. The van der Waals surface area contributed by atoms with Gasteiger partial charge in [0.15, 0.2) is 0 Å². The molecule has 1 aliphatic heterocycles. The van der Waals surface area contributed by atoms with Crippen molar-refractivity contribution in [2.75, 3.05) is 25.0 Å². The summed E-state index contributed by atoms with van der Waals surface area (Å²) >= 11 is 0. The zero-order valence-electron chi connectivity index (χ0n) is 24.1. The Morgan fingerprint density at radius 2 is 1.87 bits per heavy atom. The molecule has 4 aliphatic rings. The molecule has 1 saturated heterocycles. The van der Waals surface area contributed by atoms with E-state index in [1.807, 2.05) is 12.1 Å². The van der Waals surface area contributed by atoms with Crippen molar-refractivity contribution in [1.29, 1.82) is 0 Å². The topological polar surface area (TPSA) is 52.5 Å². The van der Waals surface area contributed by atoms with Crippen LogP contribution in [0.4, 0.5) is 10.3 Å². The van der Waals surface area contributed by atoms with Crippen molar-refractivity contribution in [3.05, 3.63) is 46.8 Å². The fourth-order valence-electron chi connectivity index (χ4n) is 9.20. The van der Waals surface area contributed by atoms with Gasteiger partial charge < -0.3 is 10.0 Å². The smallest absolute Gasteiger partial charge is 0.225 e. The molecule has 206 valence electrons. The molecule has 2 aromatic rings. The van der Waals surface area contributed by atoms with Crippen molar-refractivity contribution in [1.82, 2.24) is 14.9 Å². The number of nitrogens with zero attached hydrogens (tertiary/aromatic N) is 4. The second-order valence-corrected chi connectivity index (χ2v) is 13.4. The molecule has 2 saturated carbocycles. The number of aromatic hydroxyl groups is 1. The monoisotopic (exact) mass is 520 g/mol.